The zero-order valence-electron chi connectivity index (χ0n) is 8.70. The lowest BCUT2D eigenvalue weighted by Gasteiger charge is -2.34. The predicted octanol–water partition coefficient (Wildman–Crippen LogP) is 0.952. The highest BCUT2D eigenvalue weighted by Crippen LogP contribution is 2.27. The van der Waals surface area contributed by atoms with Gasteiger partial charge in [-0.25, -0.2) is 8.42 Å². The molecule has 3 nitrogen and oxygen atoms in total. The number of hydrogen-bond donors (Lipinski definition) is 1. The summed E-state index contributed by atoms with van der Waals surface area (Å²) in [7, 11) is -2.74. The first-order chi connectivity index (χ1) is 6.58. The molecule has 0 bridgehead atoms. The van der Waals surface area contributed by atoms with Gasteiger partial charge >= 0.3 is 0 Å². The molecule has 2 rings (SSSR count). The Morgan fingerprint density at radius 2 is 2.07 bits per heavy atom. The SMILES string of the molecule is CC1CC(NCC2CCCS2(=O)=O)C1. The van der Waals surface area contributed by atoms with Crippen LogP contribution in [0.5, 0.6) is 0 Å². The van der Waals surface area contributed by atoms with Gasteiger partial charge in [0.2, 0.25) is 0 Å². The van der Waals surface area contributed by atoms with Crippen LogP contribution in [0.1, 0.15) is 32.6 Å². The number of nitrogens with one attached hydrogen (secondary N) is 1. The Bertz CT molecular complexity index is 293. The first kappa shape index (κ1) is 10.4. The van der Waals surface area contributed by atoms with Crippen molar-refractivity contribution < 1.29 is 8.42 Å². The maximum absolute atomic E-state index is 11.5. The molecule has 0 aromatic rings. The van der Waals surface area contributed by atoms with Crippen LogP contribution in [0, 0.1) is 5.92 Å². The fourth-order valence-electron chi connectivity index (χ4n) is 2.45. The van der Waals surface area contributed by atoms with Gasteiger partial charge in [-0.1, -0.05) is 6.92 Å². The summed E-state index contributed by atoms with van der Waals surface area (Å²) in [5.74, 6) is 1.23. The van der Waals surface area contributed by atoms with E-state index < -0.39 is 9.84 Å². The van der Waals surface area contributed by atoms with Crippen molar-refractivity contribution in [3.63, 3.8) is 0 Å². The first-order valence-electron chi connectivity index (χ1n) is 5.53. The van der Waals surface area contributed by atoms with Crippen molar-refractivity contribution in [1.29, 1.82) is 0 Å². The molecule has 82 valence electrons. The van der Waals surface area contributed by atoms with Gasteiger partial charge in [0.15, 0.2) is 9.84 Å². The Morgan fingerprint density at radius 3 is 2.57 bits per heavy atom. The van der Waals surface area contributed by atoms with Crippen molar-refractivity contribution in [3.05, 3.63) is 0 Å². The average Bonchev–Trinajstić information content (AvgIpc) is 2.37. The van der Waals surface area contributed by atoms with Crippen molar-refractivity contribution in [2.24, 2.45) is 5.92 Å². The summed E-state index contributed by atoms with van der Waals surface area (Å²) in [6.45, 7) is 2.92. The van der Waals surface area contributed by atoms with E-state index in [2.05, 4.69) is 12.2 Å². The van der Waals surface area contributed by atoms with Crippen LogP contribution < -0.4 is 5.32 Å². The summed E-state index contributed by atoms with van der Waals surface area (Å²) in [5.41, 5.74) is 0. The lowest BCUT2D eigenvalue weighted by molar-refractivity contribution is 0.242. The van der Waals surface area contributed by atoms with Crippen molar-refractivity contribution in [3.8, 4) is 0 Å². The maximum Gasteiger partial charge on any atom is 0.154 e. The van der Waals surface area contributed by atoms with Crippen molar-refractivity contribution in [2.45, 2.75) is 43.9 Å². The van der Waals surface area contributed by atoms with Crippen LogP contribution in [0.2, 0.25) is 0 Å². The minimum absolute atomic E-state index is 0.0987. The highest BCUT2D eigenvalue weighted by molar-refractivity contribution is 7.92. The van der Waals surface area contributed by atoms with Crippen molar-refractivity contribution >= 4 is 9.84 Å². The van der Waals surface area contributed by atoms with Crippen LogP contribution in [0.15, 0.2) is 0 Å². The third kappa shape index (κ3) is 2.11. The minimum atomic E-state index is -2.74. The zero-order valence-corrected chi connectivity index (χ0v) is 9.52. The van der Waals surface area contributed by atoms with Crippen molar-refractivity contribution in [2.75, 3.05) is 12.3 Å². The molecule has 2 fully saturated rings. The van der Waals surface area contributed by atoms with Gasteiger partial charge in [-0.2, -0.15) is 0 Å². The smallest absolute Gasteiger partial charge is 0.154 e. The van der Waals surface area contributed by atoms with Crippen LogP contribution in [-0.4, -0.2) is 32.0 Å². The standard InChI is InChI=1S/C10H19NO2S/c1-8-5-9(6-8)11-7-10-3-2-4-14(10,12)13/h8-11H,2-7H2,1H3. The zero-order chi connectivity index (χ0) is 10.2. The molecule has 0 aromatic carbocycles. The molecule has 0 aromatic heterocycles. The summed E-state index contributed by atoms with van der Waals surface area (Å²) in [5, 5.41) is 3.27. The molecule has 1 saturated heterocycles. The van der Waals surface area contributed by atoms with Crippen LogP contribution in [0.3, 0.4) is 0 Å². The van der Waals surface area contributed by atoms with E-state index in [1.807, 2.05) is 0 Å². The monoisotopic (exact) mass is 217 g/mol. The topological polar surface area (TPSA) is 46.2 Å². The normalized spacial score (nSPS) is 40.8. The van der Waals surface area contributed by atoms with Gasteiger partial charge in [0.05, 0.1) is 11.0 Å². The second kappa shape index (κ2) is 3.81. The highest BCUT2D eigenvalue weighted by atomic mass is 32.2. The van der Waals surface area contributed by atoms with Crippen LogP contribution >= 0.6 is 0 Å². The molecular formula is C10H19NO2S. The van der Waals surface area contributed by atoms with E-state index in [0.29, 0.717) is 18.3 Å². The number of hydrogen-bond acceptors (Lipinski definition) is 3. The van der Waals surface area contributed by atoms with Gasteiger partial charge in [0, 0.05) is 12.6 Å². The lowest BCUT2D eigenvalue weighted by Crippen LogP contribution is -2.44. The molecular weight excluding hydrogens is 198 g/mol. The Labute approximate surface area is 86.2 Å². The average molecular weight is 217 g/mol. The third-order valence-corrected chi connectivity index (χ3v) is 5.75. The van der Waals surface area contributed by atoms with Gasteiger partial charge in [-0.15, -0.1) is 0 Å². The molecule has 1 N–H and O–H groups in total. The fraction of sp³-hybridized carbons (Fsp3) is 1.00. The van der Waals surface area contributed by atoms with Crippen LogP contribution in [0.4, 0.5) is 0 Å². The van der Waals surface area contributed by atoms with Gasteiger partial charge in [0.25, 0.3) is 0 Å². The molecule has 2 aliphatic rings. The quantitative estimate of drug-likeness (QED) is 0.765. The van der Waals surface area contributed by atoms with E-state index in [9.17, 15) is 8.42 Å². The predicted molar refractivity (Wildman–Crippen MR) is 57.0 cm³/mol. The summed E-state index contributed by atoms with van der Waals surface area (Å²) in [6.07, 6.45) is 4.15. The largest absolute Gasteiger partial charge is 0.313 e. The Morgan fingerprint density at radius 1 is 1.36 bits per heavy atom. The van der Waals surface area contributed by atoms with E-state index in [-0.39, 0.29) is 5.25 Å². The van der Waals surface area contributed by atoms with Crippen molar-refractivity contribution in [1.82, 2.24) is 5.32 Å². The Kier molecular flexibility index (Phi) is 2.84. The Balaban J connectivity index is 1.76. The number of sulfone groups is 1. The molecule has 14 heavy (non-hydrogen) atoms. The summed E-state index contributed by atoms with van der Waals surface area (Å²) in [4.78, 5) is 0. The van der Waals surface area contributed by atoms with Gasteiger partial charge in [0.1, 0.15) is 0 Å². The van der Waals surface area contributed by atoms with E-state index in [0.717, 1.165) is 18.8 Å². The van der Waals surface area contributed by atoms with E-state index >= 15 is 0 Å². The number of rotatable bonds is 3. The fourth-order valence-corrected chi connectivity index (χ4v) is 4.23. The van der Waals surface area contributed by atoms with Gasteiger partial charge in [-0.3, -0.25) is 0 Å². The van der Waals surface area contributed by atoms with E-state index in [1.165, 1.54) is 12.8 Å². The third-order valence-electron chi connectivity index (χ3n) is 3.47. The van der Waals surface area contributed by atoms with E-state index in [4.69, 9.17) is 0 Å². The molecule has 0 radical (unpaired) electrons. The molecule has 1 aliphatic heterocycles. The second-order valence-electron chi connectivity index (χ2n) is 4.81. The minimum Gasteiger partial charge on any atom is -0.313 e. The molecule has 1 unspecified atom stereocenters. The van der Waals surface area contributed by atoms with E-state index in [1.54, 1.807) is 0 Å². The highest BCUT2D eigenvalue weighted by Gasteiger charge is 2.32. The molecule has 0 spiro atoms. The molecule has 1 aliphatic carbocycles. The summed E-state index contributed by atoms with van der Waals surface area (Å²) < 4.78 is 23.0. The molecule has 1 atom stereocenters. The van der Waals surface area contributed by atoms with Crippen LogP contribution in [0.25, 0.3) is 0 Å². The Hall–Kier alpha value is -0.0900. The molecule has 1 heterocycles. The lowest BCUT2D eigenvalue weighted by atomic mass is 9.82. The molecule has 0 amide bonds. The summed E-state index contributed by atoms with van der Waals surface area (Å²) >= 11 is 0. The van der Waals surface area contributed by atoms with Crippen LogP contribution in [-0.2, 0) is 9.84 Å². The first-order valence-corrected chi connectivity index (χ1v) is 7.24. The second-order valence-corrected chi connectivity index (χ2v) is 7.21. The summed E-state index contributed by atoms with van der Waals surface area (Å²) in [6, 6.07) is 0.584. The molecule has 4 heteroatoms. The molecule has 1 saturated carbocycles. The maximum atomic E-state index is 11.5. The van der Waals surface area contributed by atoms with Gasteiger partial charge < -0.3 is 5.32 Å². The van der Waals surface area contributed by atoms with Gasteiger partial charge in [-0.05, 0) is 31.6 Å².